The molecule has 1 aliphatic heterocycles. The highest BCUT2D eigenvalue weighted by Gasteiger charge is 2.06. The zero-order valence-electron chi connectivity index (χ0n) is 5.79. The highest BCUT2D eigenvalue weighted by Crippen LogP contribution is 1.98. The van der Waals surface area contributed by atoms with E-state index in [2.05, 4.69) is 5.32 Å². The third kappa shape index (κ3) is 5.53. The van der Waals surface area contributed by atoms with Crippen molar-refractivity contribution in [3.8, 4) is 0 Å². The van der Waals surface area contributed by atoms with Gasteiger partial charge in [0.1, 0.15) is 0 Å². The van der Waals surface area contributed by atoms with Crippen molar-refractivity contribution in [2.24, 2.45) is 0 Å². The maximum atomic E-state index is 8.85. The van der Waals surface area contributed by atoms with Crippen LogP contribution in [-0.4, -0.2) is 35.9 Å². The summed E-state index contributed by atoms with van der Waals surface area (Å²) in [7, 11) is 0. The molecular weight excluding hydrogens is 134 g/mol. The molecule has 0 aromatic heterocycles. The van der Waals surface area contributed by atoms with Gasteiger partial charge in [-0.25, -0.2) is 0 Å². The molecule has 0 radical (unpaired) electrons. The van der Waals surface area contributed by atoms with E-state index in [0.29, 0.717) is 0 Å². The van der Waals surface area contributed by atoms with Crippen LogP contribution in [-0.2, 0) is 4.79 Å². The van der Waals surface area contributed by atoms with E-state index in [0.717, 1.165) is 25.9 Å². The summed E-state index contributed by atoms with van der Waals surface area (Å²) in [4.78, 5) is 8.36. The Hall–Kier alpha value is -0.610. The van der Waals surface area contributed by atoms with Crippen molar-refractivity contribution in [2.75, 3.05) is 13.1 Å². The second-order valence-electron chi connectivity index (χ2n) is 2.11. The zero-order valence-corrected chi connectivity index (χ0v) is 5.79. The first kappa shape index (κ1) is 9.39. The van der Waals surface area contributed by atoms with Crippen LogP contribution >= 0.6 is 0 Å². The number of hydrogen-bond acceptors (Lipinski definition) is 3. The van der Waals surface area contributed by atoms with E-state index >= 15 is 0 Å². The number of β-amino-alcohol motifs (C(OH)–C–C–N with tert-alkyl or cyclic N) is 1. The highest BCUT2D eigenvalue weighted by molar-refractivity contribution is 5.32. The highest BCUT2D eigenvalue weighted by atomic mass is 16.3. The topological polar surface area (TPSA) is 69.6 Å². The maximum absolute atomic E-state index is 8.85. The van der Waals surface area contributed by atoms with Crippen LogP contribution in [0, 0.1) is 0 Å². The van der Waals surface area contributed by atoms with Gasteiger partial charge in [-0.2, -0.15) is 0 Å². The summed E-state index contributed by atoms with van der Waals surface area (Å²) in [6.45, 7) is 1.62. The number of rotatable bonds is 0. The molecule has 1 heterocycles. The lowest BCUT2D eigenvalue weighted by Crippen LogP contribution is -2.33. The minimum Gasteiger partial charge on any atom is -0.483 e. The second-order valence-corrected chi connectivity index (χ2v) is 2.11. The van der Waals surface area contributed by atoms with Gasteiger partial charge in [-0.05, 0) is 19.4 Å². The number of carboxylic acid groups (broad SMARTS) is 1. The van der Waals surface area contributed by atoms with Crippen molar-refractivity contribution in [3.05, 3.63) is 0 Å². The molecule has 0 bridgehead atoms. The standard InChI is InChI=1S/C5H11NO.CH2O2/c7-5-2-1-3-6-4-5;2-1-3/h5-7H,1-4H2;1H,(H,2,3)/t5-;/m0./s1. The fraction of sp³-hybridized carbons (Fsp3) is 0.833. The van der Waals surface area contributed by atoms with E-state index < -0.39 is 0 Å². The first-order valence-corrected chi connectivity index (χ1v) is 3.28. The van der Waals surface area contributed by atoms with Gasteiger partial charge in [0.05, 0.1) is 6.10 Å². The molecular formula is C6H13NO3. The number of carbonyl (C=O) groups is 1. The maximum Gasteiger partial charge on any atom is 0.290 e. The van der Waals surface area contributed by atoms with E-state index in [1.807, 2.05) is 0 Å². The number of nitrogens with one attached hydrogen (secondary N) is 1. The van der Waals surface area contributed by atoms with Gasteiger partial charge in [0.2, 0.25) is 0 Å². The van der Waals surface area contributed by atoms with Crippen LogP contribution < -0.4 is 5.32 Å². The third-order valence-electron chi connectivity index (χ3n) is 1.27. The van der Waals surface area contributed by atoms with Crippen molar-refractivity contribution >= 4 is 6.47 Å². The van der Waals surface area contributed by atoms with Crippen molar-refractivity contribution in [3.63, 3.8) is 0 Å². The third-order valence-corrected chi connectivity index (χ3v) is 1.27. The molecule has 3 N–H and O–H groups in total. The summed E-state index contributed by atoms with van der Waals surface area (Å²) in [6.07, 6.45) is 2.03. The molecule has 1 saturated heterocycles. The molecule has 10 heavy (non-hydrogen) atoms. The Balaban J connectivity index is 0.000000236. The quantitative estimate of drug-likeness (QED) is 0.401. The van der Waals surface area contributed by atoms with Gasteiger partial charge in [0.25, 0.3) is 6.47 Å². The first-order chi connectivity index (χ1) is 4.81. The molecule has 0 amide bonds. The monoisotopic (exact) mass is 147 g/mol. The number of aliphatic hydroxyl groups excluding tert-OH is 1. The van der Waals surface area contributed by atoms with Crippen molar-refractivity contribution in [2.45, 2.75) is 18.9 Å². The number of piperidine rings is 1. The summed E-state index contributed by atoms with van der Waals surface area (Å²) in [6, 6.07) is 0. The fourth-order valence-corrected chi connectivity index (χ4v) is 0.833. The molecule has 60 valence electrons. The number of hydrogen-bond donors (Lipinski definition) is 3. The van der Waals surface area contributed by atoms with Crippen molar-refractivity contribution in [1.29, 1.82) is 0 Å². The average molecular weight is 147 g/mol. The Bertz CT molecular complexity index is 81.1. The van der Waals surface area contributed by atoms with Gasteiger partial charge < -0.3 is 15.5 Å². The molecule has 1 atom stereocenters. The molecule has 4 nitrogen and oxygen atoms in total. The summed E-state index contributed by atoms with van der Waals surface area (Å²) in [5, 5.41) is 18.8. The van der Waals surface area contributed by atoms with Crippen LogP contribution in [0.2, 0.25) is 0 Å². The van der Waals surface area contributed by atoms with Gasteiger partial charge in [-0.1, -0.05) is 0 Å². The molecule has 1 aliphatic rings. The largest absolute Gasteiger partial charge is 0.483 e. The van der Waals surface area contributed by atoms with Crippen LogP contribution in [0.3, 0.4) is 0 Å². The molecule has 1 rings (SSSR count). The predicted octanol–water partition coefficient (Wildman–Crippen LogP) is -0.568. The van der Waals surface area contributed by atoms with Gasteiger partial charge in [0.15, 0.2) is 0 Å². The molecule has 0 saturated carbocycles. The summed E-state index contributed by atoms with van der Waals surface area (Å²) in [5.74, 6) is 0. The smallest absolute Gasteiger partial charge is 0.290 e. The summed E-state index contributed by atoms with van der Waals surface area (Å²) in [5.41, 5.74) is 0. The van der Waals surface area contributed by atoms with Crippen molar-refractivity contribution < 1.29 is 15.0 Å². The van der Waals surface area contributed by atoms with Crippen LogP contribution in [0.1, 0.15) is 12.8 Å². The van der Waals surface area contributed by atoms with Gasteiger partial charge >= 0.3 is 0 Å². The molecule has 0 aromatic carbocycles. The van der Waals surface area contributed by atoms with E-state index in [1.165, 1.54) is 0 Å². The SMILES string of the molecule is O=CO.O[C@H]1CCCNC1. The lowest BCUT2D eigenvalue weighted by atomic mass is 10.1. The van der Waals surface area contributed by atoms with Crippen LogP contribution in [0.4, 0.5) is 0 Å². The van der Waals surface area contributed by atoms with Gasteiger partial charge in [-0.15, -0.1) is 0 Å². The lowest BCUT2D eigenvalue weighted by molar-refractivity contribution is -0.122. The lowest BCUT2D eigenvalue weighted by Gasteiger charge is -2.16. The summed E-state index contributed by atoms with van der Waals surface area (Å²) < 4.78 is 0. The Morgan fingerprint density at radius 3 is 2.40 bits per heavy atom. The fourth-order valence-electron chi connectivity index (χ4n) is 0.833. The molecule has 4 heteroatoms. The van der Waals surface area contributed by atoms with E-state index in [1.54, 1.807) is 0 Å². The van der Waals surface area contributed by atoms with E-state index in [9.17, 15) is 0 Å². The Kier molecular flexibility index (Phi) is 6.11. The molecule has 0 spiro atoms. The molecule has 1 fully saturated rings. The second kappa shape index (κ2) is 6.51. The Labute approximate surface area is 59.9 Å². The minimum absolute atomic E-state index is 0.0752. The average Bonchev–Trinajstić information content (AvgIpc) is 1.91. The van der Waals surface area contributed by atoms with Gasteiger partial charge in [-0.3, -0.25) is 4.79 Å². The zero-order chi connectivity index (χ0) is 7.82. The van der Waals surface area contributed by atoms with Crippen LogP contribution in [0.25, 0.3) is 0 Å². The number of aliphatic hydroxyl groups is 1. The van der Waals surface area contributed by atoms with Crippen molar-refractivity contribution in [1.82, 2.24) is 5.32 Å². The summed E-state index contributed by atoms with van der Waals surface area (Å²) >= 11 is 0. The first-order valence-electron chi connectivity index (χ1n) is 3.28. The molecule has 0 aliphatic carbocycles. The van der Waals surface area contributed by atoms with E-state index in [4.69, 9.17) is 15.0 Å². The predicted molar refractivity (Wildman–Crippen MR) is 36.8 cm³/mol. The van der Waals surface area contributed by atoms with E-state index in [-0.39, 0.29) is 12.6 Å². The normalized spacial score (nSPS) is 24.3. The van der Waals surface area contributed by atoms with Gasteiger partial charge in [0, 0.05) is 6.54 Å². The Morgan fingerprint density at radius 1 is 1.60 bits per heavy atom. The molecule has 0 aromatic rings. The molecule has 0 unspecified atom stereocenters. The minimum atomic E-state index is -0.250. The van der Waals surface area contributed by atoms with Crippen LogP contribution in [0.5, 0.6) is 0 Å². The van der Waals surface area contributed by atoms with Crippen LogP contribution in [0.15, 0.2) is 0 Å². The Morgan fingerprint density at radius 2 is 2.20 bits per heavy atom.